The average Bonchev–Trinajstić information content (AvgIpc) is 3.27. The number of likely N-dealkylation sites (tertiary alicyclic amines) is 1. The molecule has 0 aliphatic carbocycles. The number of benzene rings is 1. The van der Waals surface area contributed by atoms with E-state index in [-0.39, 0.29) is 11.7 Å². The first-order chi connectivity index (χ1) is 12.8. The molecule has 0 saturated carbocycles. The predicted molar refractivity (Wildman–Crippen MR) is 97.4 cm³/mol. The molecule has 5 nitrogen and oxygen atoms in total. The van der Waals surface area contributed by atoms with Gasteiger partial charge in [0.05, 0.1) is 11.6 Å². The summed E-state index contributed by atoms with van der Waals surface area (Å²) in [7, 11) is 1.96. The lowest BCUT2D eigenvalue weighted by Crippen LogP contribution is -2.39. The van der Waals surface area contributed by atoms with E-state index in [4.69, 9.17) is 0 Å². The molecule has 1 aliphatic rings. The van der Waals surface area contributed by atoms with Crippen LogP contribution in [0.5, 0.6) is 0 Å². The van der Waals surface area contributed by atoms with Gasteiger partial charge in [-0.2, -0.15) is 13.2 Å². The van der Waals surface area contributed by atoms with Crippen LogP contribution in [0.3, 0.4) is 0 Å². The van der Waals surface area contributed by atoms with Crippen LogP contribution >= 0.6 is 0 Å². The van der Waals surface area contributed by atoms with Gasteiger partial charge in [0.2, 0.25) is 0 Å². The number of hydrogen-bond donors (Lipinski definition) is 2. The van der Waals surface area contributed by atoms with E-state index in [0.29, 0.717) is 6.54 Å². The first-order valence-corrected chi connectivity index (χ1v) is 8.92. The Morgan fingerprint density at radius 1 is 1.19 bits per heavy atom. The van der Waals surface area contributed by atoms with Crippen LogP contribution in [0.4, 0.5) is 23.7 Å². The van der Waals surface area contributed by atoms with E-state index in [2.05, 4.69) is 15.5 Å². The highest BCUT2D eigenvalue weighted by atomic mass is 19.4. The Morgan fingerprint density at radius 3 is 2.56 bits per heavy atom. The van der Waals surface area contributed by atoms with Crippen LogP contribution in [0.1, 0.15) is 30.1 Å². The Hall–Kier alpha value is -2.48. The van der Waals surface area contributed by atoms with E-state index in [1.165, 1.54) is 12.1 Å². The van der Waals surface area contributed by atoms with Gasteiger partial charge in [-0.1, -0.05) is 6.07 Å². The SMILES string of the molecule is Cn1cccc1[C@@H](CNC(=O)Nc1cccc(C(F)(F)F)c1)N1CCCC1. The zero-order chi connectivity index (χ0) is 19.4. The molecule has 1 fully saturated rings. The van der Waals surface area contributed by atoms with Gasteiger partial charge in [0.15, 0.2) is 0 Å². The number of halogens is 3. The fourth-order valence-electron chi connectivity index (χ4n) is 3.43. The van der Waals surface area contributed by atoms with Gasteiger partial charge in [-0.25, -0.2) is 4.79 Å². The monoisotopic (exact) mass is 380 g/mol. The number of urea groups is 1. The lowest BCUT2D eigenvalue weighted by atomic mass is 10.1. The maximum atomic E-state index is 12.8. The fourth-order valence-corrected chi connectivity index (χ4v) is 3.43. The number of amides is 2. The van der Waals surface area contributed by atoms with Crippen molar-refractivity contribution in [1.29, 1.82) is 0 Å². The number of nitrogens with one attached hydrogen (secondary N) is 2. The normalized spacial score (nSPS) is 16.3. The van der Waals surface area contributed by atoms with Crippen molar-refractivity contribution in [2.75, 3.05) is 25.0 Å². The van der Waals surface area contributed by atoms with Crippen LogP contribution < -0.4 is 10.6 Å². The molecule has 2 aromatic rings. The summed E-state index contributed by atoms with van der Waals surface area (Å²) in [5, 5.41) is 5.28. The van der Waals surface area contributed by atoms with Gasteiger partial charge in [-0.05, 0) is 56.3 Å². The molecule has 0 bridgehead atoms. The zero-order valence-electron chi connectivity index (χ0n) is 15.1. The Balaban J connectivity index is 1.64. The van der Waals surface area contributed by atoms with E-state index >= 15 is 0 Å². The molecule has 1 atom stereocenters. The minimum atomic E-state index is -4.44. The maximum Gasteiger partial charge on any atom is 0.416 e. The standard InChI is InChI=1S/C19H23F3N4O/c1-25-9-5-8-16(25)17(26-10-2-3-11-26)13-23-18(27)24-15-7-4-6-14(12-15)19(20,21)22/h4-9,12,17H,2-3,10-11,13H2,1H3,(H2,23,24,27)/t17-/m1/s1. The Kier molecular flexibility index (Phi) is 5.74. The molecule has 0 spiro atoms. The van der Waals surface area contributed by atoms with Gasteiger partial charge < -0.3 is 15.2 Å². The van der Waals surface area contributed by atoms with Crippen molar-refractivity contribution < 1.29 is 18.0 Å². The number of rotatable bonds is 5. The number of aryl methyl sites for hydroxylation is 1. The largest absolute Gasteiger partial charge is 0.416 e. The molecule has 8 heteroatoms. The number of carbonyl (C=O) groups excluding carboxylic acids is 1. The van der Waals surface area contributed by atoms with Gasteiger partial charge in [0.25, 0.3) is 0 Å². The van der Waals surface area contributed by atoms with Gasteiger partial charge >= 0.3 is 12.2 Å². The second-order valence-corrected chi connectivity index (χ2v) is 6.72. The third-order valence-electron chi connectivity index (χ3n) is 4.81. The zero-order valence-corrected chi connectivity index (χ0v) is 15.1. The first-order valence-electron chi connectivity index (χ1n) is 8.92. The number of nitrogens with zero attached hydrogens (tertiary/aromatic N) is 2. The summed E-state index contributed by atoms with van der Waals surface area (Å²) in [5.41, 5.74) is 0.411. The molecule has 0 unspecified atom stereocenters. The van der Waals surface area contributed by atoms with Crippen molar-refractivity contribution in [2.45, 2.75) is 25.1 Å². The van der Waals surface area contributed by atoms with Crippen molar-refractivity contribution in [3.05, 3.63) is 53.9 Å². The summed E-state index contributed by atoms with van der Waals surface area (Å²) in [5.74, 6) is 0. The molecule has 2 N–H and O–H groups in total. The van der Waals surface area contributed by atoms with E-state index < -0.39 is 17.8 Å². The molecule has 1 aromatic carbocycles. The highest BCUT2D eigenvalue weighted by molar-refractivity contribution is 5.89. The van der Waals surface area contributed by atoms with Crippen molar-refractivity contribution in [3.63, 3.8) is 0 Å². The molecular weight excluding hydrogens is 357 g/mol. The van der Waals surface area contributed by atoms with Crippen molar-refractivity contribution in [1.82, 2.24) is 14.8 Å². The maximum absolute atomic E-state index is 12.8. The van der Waals surface area contributed by atoms with Crippen molar-refractivity contribution >= 4 is 11.7 Å². The second kappa shape index (κ2) is 8.04. The minimum absolute atomic E-state index is 0.0276. The van der Waals surface area contributed by atoms with E-state index in [9.17, 15) is 18.0 Å². The van der Waals surface area contributed by atoms with Gasteiger partial charge in [-0.3, -0.25) is 4.90 Å². The Labute approximate surface area is 156 Å². The van der Waals surface area contributed by atoms with Crippen LogP contribution in [0, 0.1) is 0 Å². The van der Waals surface area contributed by atoms with Crippen LogP contribution in [0.2, 0.25) is 0 Å². The Morgan fingerprint density at radius 2 is 1.93 bits per heavy atom. The molecule has 0 radical (unpaired) electrons. The summed E-state index contributed by atoms with van der Waals surface area (Å²) < 4.78 is 40.4. The van der Waals surface area contributed by atoms with Gasteiger partial charge in [0, 0.05) is 31.2 Å². The fraction of sp³-hybridized carbons (Fsp3) is 0.421. The van der Waals surface area contributed by atoms with Gasteiger partial charge in [0.1, 0.15) is 0 Å². The number of hydrogen-bond acceptors (Lipinski definition) is 2. The molecule has 2 heterocycles. The second-order valence-electron chi connectivity index (χ2n) is 6.72. The third kappa shape index (κ3) is 4.82. The minimum Gasteiger partial charge on any atom is -0.353 e. The summed E-state index contributed by atoms with van der Waals surface area (Å²) in [6, 6.07) is 8.10. The van der Waals surface area contributed by atoms with Crippen LogP contribution in [-0.2, 0) is 13.2 Å². The summed E-state index contributed by atoms with van der Waals surface area (Å²) in [6.45, 7) is 2.31. The molecule has 1 saturated heterocycles. The van der Waals surface area contributed by atoms with Crippen LogP contribution in [0.25, 0.3) is 0 Å². The number of carbonyl (C=O) groups is 1. The van der Waals surface area contributed by atoms with Crippen LogP contribution in [-0.4, -0.2) is 35.1 Å². The quantitative estimate of drug-likeness (QED) is 0.824. The number of aromatic nitrogens is 1. The van der Waals surface area contributed by atoms with Gasteiger partial charge in [-0.15, -0.1) is 0 Å². The number of alkyl halides is 3. The van der Waals surface area contributed by atoms with E-state index in [0.717, 1.165) is 43.8 Å². The van der Waals surface area contributed by atoms with E-state index in [1.54, 1.807) is 0 Å². The topological polar surface area (TPSA) is 49.3 Å². The summed E-state index contributed by atoms with van der Waals surface area (Å²) in [4.78, 5) is 14.5. The first kappa shape index (κ1) is 19.3. The van der Waals surface area contributed by atoms with Crippen molar-refractivity contribution in [3.8, 4) is 0 Å². The lowest BCUT2D eigenvalue weighted by molar-refractivity contribution is -0.137. The summed E-state index contributed by atoms with van der Waals surface area (Å²) >= 11 is 0. The van der Waals surface area contributed by atoms with Crippen molar-refractivity contribution in [2.24, 2.45) is 7.05 Å². The molecule has 146 valence electrons. The molecule has 27 heavy (non-hydrogen) atoms. The predicted octanol–water partition coefficient (Wildman–Crippen LogP) is 4.00. The smallest absolute Gasteiger partial charge is 0.353 e. The lowest BCUT2D eigenvalue weighted by Gasteiger charge is -2.28. The molecule has 3 rings (SSSR count). The highest BCUT2D eigenvalue weighted by Gasteiger charge is 2.30. The summed E-state index contributed by atoms with van der Waals surface area (Å²) in [6.07, 6.45) is -0.239. The molecule has 1 aromatic heterocycles. The van der Waals surface area contributed by atoms with E-state index in [1.807, 2.05) is 29.9 Å². The average molecular weight is 380 g/mol. The molecule has 1 aliphatic heterocycles. The van der Waals surface area contributed by atoms with Crippen LogP contribution in [0.15, 0.2) is 42.6 Å². The Bertz CT molecular complexity index is 781. The molecular formula is C19H23F3N4O. The highest BCUT2D eigenvalue weighted by Crippen LogP contribution is 2.30. The molecule has 2 amide bonds. The number of anilines is 1. The third-order valence-corrected chi connectivity index (χ3v) is 4.81.